The van der Waals surface area contributed by atoms with Crippen molar-refractivity contribution in [1.82, 2.24) is 0 Å². The molecular weight excluding hydrogens is 698 g/mol. The Labute approximate surface area is 307 Å². The third kappa shape index (κ3) is 13.0. The first kappa shape index (κ1) is 43.7. The van der Waals surface area contributed by atoms with Gasteiger partial charge in [-0.05, 0) is 51.8 Å². The van der Waals surface area contributed by atoms with Crippen molar-refractivity contribution in [3.63, 3.8) is 0 Å². The molecule has 2 unspecified atom stereocenters. The first-order valence-electron chi connectivity index (χ1n) is 17.6. The van der Waals surface area contributed by atoms with E-state index >= 15 is 0 Å². The number of carbonyl (C=O) groups excluding carboxylic acids is 2. The van der Waals surface area contributed by atoms with Crippen molar-refractivity contribution in [2.24, 2.45) is 0 Å². The number of hydrogen-bond donors (Lipinski definition) is 4. The standard InChI is InChI=1S/C36H57NO14Si/c1-21(2)48-30-26(39)27(40)35(50-32(30)33(42)45-17-12-18-52(7,8)9)46-16-11-15-44-29-25(38)28(41)36(49-22(3)4)51-31(29)34(43)47-20-23-13-10-14-24(19-23)37(5)6/h10,13-14,19,21-22,25-32,35-36,38-41H,11,15-17,20H2,1-9H3/t25-,26-,27+,28+,29+,30+,31?,32?,35-,36-/m1/s1. The van der Waals surface area contributed by atoms with Gasteiger partial charge in [-0.3, -0.25) is 0 Å². The molecule has 0 amide bonds. The van der Waals surface area contributed by atoms with Crippen LogP contribution in [-0.2, 0) is 54.1 Å². The van der Waals surface area contributed by atoms with Gasteiger partial charge in [-0.25, -0.2) is 9.59 Å². The molecule has 0 saturated carbocycles. The third-order valence-electron chi connectivity index (χ3n) is 7.83. The second-order valence-corrected chi connectivity index (χ2v) is 19.3. The summed E-state index contributed by atoms with van der Waals surface area (Å²) in [4.78, 5) is 28.2. The zero-order chi connectivity index (χ0) is 38.7. The minimum atomic E-state index is -1.69. The lowest BCUT2D eigenvalue weighted by molar-refractivity contribution is -0.311. The van der Waals surface area contributed by atoms with Gasteiger partial charge in [0.15, 0.2) is 31.4 Å². The van der Waals surface area contributed by atoms with E-state index in [0.29, 0.717) is 0 Å². The van der Waals surface area contributed by atoms with E-state index in [1.807, 2.05) is 37.2 Å². The Kier molecular flexibility index (Phi) is 16.9. The van der Waals surface area contributed by atoms with Crippen molar-refractivity contribution in [1.29, 1.82) is 0 Å². The summed E-state index contributed by atoms with van der Waals surface area (Å²) in [7, 11) is 2.09. The van der Waals surface area contributed by atoms with Gasteiger partial charge in [-0.1, -0.05) is 37.7 Å². The number of rotatable bonds is 16. The molecule has 2 aliphatic heterocycles. The van der Waals surface area contributed by atoms with E-state index in [1.54, 1.807) is 33.8 Å². The van der Waals surface area contributed by atoms with Crippen LogP contribution in [0.5, 0.6) is 0 Å². The normalized spacial score (nSPS) is 29.4. The molecule has 2 fully saturated rings. The maximum absolute atomic E-state index is 13.3. The lowest BCUT2D eigenvalue weighted by Gasteiger charge is -2.42. The molecule has 3 rings (SSSR count). The molecule has 294 valence electrons. The van der Waals surface area contributed by atoms with E-state index in [1.165, 1.54) is 0 Å². The third-order valence-corrected chi connectivity index (χ3v) is 8.76. The summed E-state index contributed by atoms with van der Waals surface area (Å²) in [6, 6.07) is 7.42. The number of aliphatic hydroxyl groups excluding tert-OH is 4. The van der Waals surface area contributed by atoms with Crippen LogP contribution in [-0.4, -0.2) is 148 Å². The second-order valence-electron chi connectivity index (χ2n) is 14.5. The lowest BCUT2D eigenvalue weighted by atomic mass is 9.98. The SMILES string of the molecule is CC(C)O[C@@H]1OC(C(=O)OCc2cccc(N(C)C)c2)[C@@H](OCCCO[C@@H]2OC(C(=O)OCC#C[Si](C)(C)C)[C@@H](OC(C)C)[C@H](O)[C@@H]2O)[C@H](O)[C@@H]1O. The van der Waals surface area contributed by atoms with E-state index in [2.05, 4.69) is 31.1 Å². The zero-order valence-corrected chi connectivity index (χ0v) is 32.6. The van der Waals surface area contributed by atoms with Crippen molar-refractivity contribution in [3.05, 3.63) is 29.8 Å². The van der Waals surface area contributed by atoms with Crippen LogP contribution >= 0.6 is 0 Å². The van der Waals surface area contributed by atoms with Crippen molar-refractivity contribution in [2.45, 2.75) is 134 Å². The zero-order valence-electron chi connectivity index (χ0n) is 31.6. The number of aliphatic hydroxyl groups is 4. The van der Waals surface area contributed by atoms with Crippen molar-refractivity contribution in [3.8, 4) is 11.5 Å². The van der Waals surface area contributed by atoms with Crippen LogP contribution in [0.3, 0.4) is 0 Å². The molecule has 2 aliphatic rings. The number of carbonyl (C=O) groups is 2. The number of anilines is 1. The van der Waals surface area contributed by atoms with Crippen LogP contribution in [0.4, 0.5) is 5.69 Å². The molecule has 52 heavy (non-hydrogen) atoms. The molecule has 2 heterocycles. The average Bonchev–Trinajstić information content (AvgIpc) is 3.06. The molecule has 0 radical (unpaired) electrons. The fraction of sp³-hybridized carbons (Fsp3) is 0.722. The Morgan fingerprint density at radius 2 is 1.38 bits per heavy atom. The van der Waals surface area contributed by atoms with Crippen molar-refractivity contribution < 1.29 is 67.9 Å². The van der Waals surface area contributed by atoms with Gasteiger partial charge in [0.2, 0.25) is 0 Å². The number of ether oxygens (including phenoxy) is 8. The highest BCUT2D eigenvalue weighted by Gasteiger charge is 2.51. The summed E-state index contributed by atoms with van der Waals surface area (Å²) in [5.74, 6) is 1.19. The van der Waals surface area contributed by atoms with E-state index < -0.39 is 87.5 Å². The molecule has 1 aromatic carbocycles. The molecule has 0 bridgehead atoms. The highest BCUT2D eigenvalue weighted by atomic mass is 28.3. The molecule has 16 heteroatoms. The van der Waals surface area contributed by atoms with Crippen LogP contribution in [0.2, 0.25) is 19.6 Å². The maximum atomic E-state index is 13.3. The largest absolute Gasteiger partial charge is 0.459 e. The number of hydrogen-bond acceptors (Lipinski definition) is 15. The minimum absolute atomic E-state index is 0.0751. The quantitative estimate of drug-likeness (QED) is 0.0812. The number of esters is 2. The highest BCUT2D eigenvalue weighted by molar-refractivity contribution is 6.83. The summed E-state index contributed by atoms with van der Waals surface area (Å²) < 4.78 is 45.3. The van der Waals surface area contributed by atoms with E-state index in [4.69, 9.17) is 37.9 Å². The molecule has 0 aromatic heterocycles. The number of nitrogens with zero attached hydrogens (tertiary/aromatic N) is 1. The van der Waals surface area contributed by atoms with E-state index in [0.717, 1.165) is 11.3 Å². The van der Waals surface area contributed by atoms with Crippen LogP contribution in [0.25, 0.3) is 0 Å². The van der Waals surface area contributed by atoms with Crippen LogP contribution < -0.4 is 4.90 Å². The van der Waals surface area contributed by atoms with Crippen molar-refractivity contribution in [2.75, 3.05) is 38.8 Å². The maximum Gasteiger partial charge on any atom is 0.339 e. The Morgan fingerprint density at radius 1 is 0.808 bits per heavy atom. The van der Waals surface area contributed by atoms with Crippen molar-refractivity contribution >= 4 is 25.7 Å². The summed E-state index contributed by atoms with van der Waals surface area (Å²) in [6.07, 6.45) is -15.1. The number of benzene rings is 1. The predicted octanol–water partition coefficient (Wildman–Crippen LogP) is 1.12. The second kappa shape index (κ2) is 20.1. The Morgan fingerprint density at radius 3 is 2.02 bits per heavy atom. The summed E-state index contributed by atoms with van der Waals surface area (Å²) in [5.41, 5.74) is 4.74. The topological polar surface area (TPSA) is 192 Å². The van der Waals surface area contributed by atoms with Crippen LogP contribution in [0.15, 0.2) is 24.3 Å². The van der Waals surface area contributed by atoms with Gasteiger partial charge in [-0.15, -0.1) is 5.54 Å². The summed E-state index contributed by atoms with van der Waals surface area (Å²) >= 11 is 0. The summed E-state index contributed by atoms with van der Waals surface area (Å²) in [6.45, 7) is 12.6. The Balaban J connectivity index is 1.63. The van der Waals surface area contributed by atoms with Gasteiger partial charge >= 0.3 is 11.9 Å². The van der Waals surface area contributed by atoms with Gasteiger partial charge in [0.05, 0.1) is 18.8 Å². The molecule has 0 spiro atoms. The summed E-state index contributed by atoms with van der Waals surface area (Å²) in [5, 5.41) is 43.4. The minimum Gasteiger partial charge on any atom is -0.459 e. The molecule has 2 saturated heterocycles. The smallest absolute Gasteiger partial charge is 0.339 e. The molecule has 4 N–H and O–H groups in total. The molecule has 15 nitrogen and oxygen atoms in total. The molecule has 1 aromatic rings. The fourth-order valence-corrected chi connectivity index (χ4v) is 5.96. The Bertz CT molecular complexity index is 1340. The molecule has 0 aliphatic carbocycles. The predicted molar refractivity (Wildman–Crippen MR) is 191 cm³/mol. The van der Waals surface area contributed by atoms with E-state index in [9.17, 15) is 30.0 Å². The van der Waals surface area contributed by atoms with Gasteiger partial charge in [-0.2, -0.15) is 0 Å². The van der Waals surface area contributed by atoms with Crippen LogP contribution in [0.1, 0.15) is 39.7 Å². The Hall–Kier alpha value is -2.66. The van der Waals surface area contributed by atoms with Gasteiger partial charge < -0.3 is 63.2 Å². The highest BCUT2D eigenvalue weighted by Crippen LogP contribution is 2.29. The van der Waals surface area contributed by atoms with E-state index in [-0.39, 0.29) is 39.0 Å². The fourth-order valence-electron chi connectivity index (χ4n) is 5.35. The molecular formula is C36H57NO14Si. The lowest BCUT2D eigenvalue weighted by Crippen LogP contribution is -2.62. The average molecular weight is 756 g/mol. The van der Waals surface area contributed by atoms with Crippen LogP contribution in [0, 0.1) is 11.5 Å². The van der Waals surface area contributed by atoms with Gasteiger partial charge in [0, 0.05) is 26.4 Å². The molecule has 10 atom stereocenters. The first-order valence-corrected chi connectivity index (χ1v) is 21.1. The first-order chi connectivity index (χ1) is 24.4. The van der Waals surface area contributed by atoms with Gasteiger partial charge in [0.25, 0.3) is 0 Å². The van der Waals surface area contributed by atoms with Gasteiger partial charge in [0.1, 0.15) is 51.3 Å². The monoisotopic (exact) mass is 755 g/mol.